The summed E-state index contributed by atoms with van der Waals surface area (Å²) in [5.74, 6) is 0. The minimum absolute atomic E-state index is 0.542. The molecule has 0 aromatic heterocycles. The van der Waals surface area contributed by atoms with Gasteiger partial charge in [-0.05, 0) is 0 Å². The van der Waals surface area contributed by atoms with Crippen LogP contribution in [0.25, 0.3) is 0 Å². The monoisotopic (exact) mass is 192 g/mol. The minimum atomic E-state index is -3.40. The third kappa shape index (κ3) is 2.12. The van der Waals surface area contributed by atoms with Crippen LogP contribution in [-0.4, -0.2) is 44.9 Å². The molecule has 0 spiro atoms. The first-order valence-corrected chi connectivity index (χ1v) is 5.22. The van der Waals surface area contributed by atoms with Gasteiger partial charge in [0.2, 0.25) is 6.35 Å². The first-order chi connectivity index (χ1) is 5.40. The van der Waals surface area contributed by atoms with Crippen molar-refractivity contribution in [3.63, 3.8) is 0 Å². The zero-order valence-electron chi connectivity index (χ0n) is 7.26. The van der Waals surface area contributed by atoms with E-state index in [1.165, 1.54) is 0 Å². The lowest BCUT2D eigenvalue weighted by Crippen LogP contribution is -2.38. The molecular formula is C6H12N2O3S. The second-order valence-corrected chi connectivity index (χ2v) is 4.36. The fraction of sp³-hybridized carbons (Fsp3) is 0.667. The van der Waals surface area contributed by atoms with Gasteiger partial charge in [-0.2, -0.15) is 8.42 Å². The maximum Gasteiger partial charge on any atom is 0.267 e. The smallest absolute Gasteiger partial charge is 0.267 e. The first kappa shape index (κ1) is 9.34. The Kier molecular flexibility index (Phi) is 2.29. The van der Waals surface area contributed by atoms with Crippen molar-refractivity contribution in [3.05, 3.63) is 12.4 Å². The highest BCUT2D eigenvalue weighted by Crippen LogP contribution is 2.13. The van der Waals surface area contributed by atoms with Gasteiger partial charge in [0.15, 0.2) is 0 Å². The van der Waals surface area contributed by atoms with Crippen molar-refractivity contribution in [2.75, 3.05) is 20.4 Å². The summed E-state index contributed by atoms with van der Waals surface area (Å²) in [6, 6.07) is 0. The average molecular weight is 192 g/mol. The highest BCUT2D eigenvalue weighted by atomic mass is 32.2. The zero-order chi connectivity index (χ0) is 9.35. The molecule has 0 atom stereocenters. The molecule has 1 heterocycles. The van der Waals surface area contributed by atoms with Crippen LogP contribution in [0.3, 0.4) is 0 Å². The average Bonchev–Trinajstić information content (AvgIpc) is 2.16. The van der Waals surface area contributed by atoms with Gasteiger partial charge in [0, 0.05) is 26.5 Å². The van der Waals surface area contributed by atoms with Crippen LogP contribution in [0, 0.1) is 0 Å². The van der Waals surface area contributed by atoms with E-state index < -0.39 is 16.5 Å². The Hall–Kier alpha value is -0.750. The van der Waals surface area contributed by atoms with Crippen molar-refractivity contribution in [3.8, 4) is 0 Å². The maximum absolute atomic E-state index is 10.8. The van der Waals surface area contributed by atoms with Gasteiger partial charge in [-0.3, -0.25) is 0 Å². The molecule has 1 rings (SSSR count). The second kappa shape index (κ2) is 2.95. The van der Waals surface area contributed by atoms with Crippen LogP contribution >= 0.6 is 0 Å². The van der Waals surface area contributed by atoms with Crippen molar-refractivity contribution in [1.29, 1.82) is 0 Å². The molecule has 0 saturated carbocycles. The van der Waals surface area contributed by atoms with Gasteiger partial charge < -0.3 is 9.80 Å². The van der Waals surface area contributed by atoms with Crippen molar-refractivity contribution in [1.82, 2.24) is 9.80 Å². The summed E-state index contributed by atoms with van der Waals surface area (Å²) in [5.41, 5.74) is 0. The summed E-state index contributed by atoms with van der Waals surface area (Å²) < 4.78 is 26.3. The Morgan fingerprint density at radius 1 is 1.25 bits per heavy atom. The molecule has 5 nitrogen and oxygen atoms in total. The van der Waals surface area contributed by atoms with Gasteiger partial charge in [0.1, 0.15) is 0 Å². The fourth-order valence-electron chi connectivity index (χ4n) is 0.937. The van der Waals surface area contributed by atoms with Crippen LogP contribution in [0.4, 0.5) is 0 Å². The van der Waals surface area contributed by atoms with Crippen molar-refractivity contribution in [2.45, 2.75) is 6.35 Å². The third-order valence-corrected chi connectivity index (χ3v) is 2.02. The van der Waals surface area contributed by atoms with Crippen LogP contribution in [0.1, 0.15) is 0 Å². The Labute approximate surface area is 72.3 Å². The van der Waals surface area contributed by atoms with Gasteiger partial charge in [-0.25, -0.2) is 4.18 Å². The summed E-state index contributed by atoms with van der Waals surface area (Å²) in [6.45, 7) is 0. The van der Waals surface area contributed by atoms with E-state index in [0.717, 1.165) is 6.26 Å². The largest absolute Gasteiger partial charge is 0.336 e. The Bertz CT molecular complexity index is 273. The van der Waals surface area contributed by atoms with E-state index in [2.05, 4.69) is 0 Å². The molecule has 0 bridgehead atoms. The molecule has 0 aromatic rings. The van der Waals surface area contributed by atoms with E-state index in [9.17, 15) is 8.42 Å². The topological polar surface area (TPSA) is 49.9 Å². The summed E-state index contributed by atoms with van der Waals surface area (Å²) in [4.78, 5) is 3.34. The van der Waals surface area contributed by atoms with Crippen molar-refractivity contribution >= 4 is 10.1 Å². The van der Waals surface area contributed by atoms with Crippen LogP contribution in [-0.2, 0) is 14.3 Å². The highest BCUT2D eigenvalue weighted by molar-refractivity contribution is 7.86. The summed E-state index contributed by atoms with van der Waals surface area (Å²) in [7, 11) is 0.0950. The van der Waals surface area contributed by atoms with Crippen molar-refractivity contribution in [2.24, 2.45) is 0 Å². The lowest BCUT2D eigenvalue weighted by molar-refractivity contribution is 0.00575. The molecule has 0 N–H and O–H groups in total. The van der Waals surface area contributed by atoms with Gasteiger partial charge >= 0.3 is 0 Å². The molecule has 70 valence electrons. The minimum Gasteiger partial charge on any atom is -0.336 e. The van der Waals surface area contributed by atoms with Crippen LogP contribution in [0.2, 0.25) is 0 Å². The summed E-state index contributed by atoms with van der Waals surface area (Å²) in [5, 5.41) is 0. The Morgan fingerprint density at radius 3 is 2.00 bits per heavy atom. The predicted molar refractivity (Wildman–Crippen MR) is 44.4 cm³/mol. The van der Waals surface area contributed by atoms with E-state index in [-0.39, 0.29) is 0 Å². The van der Waals surface area contributed by atoms with Crippen LogP contribution in [0.15, 0.2) is 12.4 Å². The molecule has 1 aliphatic rings. The number of nitrogens with zero attached hydrogens (tertiary/aromatic N) is 2. The van der Waals surface area contributed by atoms with Gasteiger partial charge in [-0.1, -0.05) is 0 Å². The third-order valence-electron chi connectivity index (χ3n) is 1.49. The van der Waals surface area contributed by atoms with E-state index >= 15 is 0 Å². The summed E-state index contributed by atoms with van der Waals surface area (Å²) in [6.07, 6.45) is 3.98. The van der Waals surface area contributed by atoms with Crippen LogP contribution < -0.4 is 0 Å². The lowest BCUT2D eigenvalue weighted by Gasteiger charge is -2.25. The van der Waals surface area contributed by atoms with Gasteiger partial charge in [0.25, 0.3) is 10.1 Å². The molecule has 0 aromatic carbocycles. The standard InChI is InChI=1S/C6H12N2O3S/c1-7-4-5-8(2)6(7)11-12(3,9)10/h4-6H,1-3H3. The number of rotatable bonds is 2. The Morgan fingerprint density at radius 2 is 1.67 bits per heavy atom. The molecule has 12 heavy (non-hydrogen) atoms. The highest BCUT2D eigenvalue weighted by Gasteiger charge is 2.24. The summed E-state index contributed by atoms with van der Waals surface area (Å²) >= 11 is 0. The molecule has 0 fully saturated rings. The van der Waals surface area contributed by atoms with E-state index in [1.54, 1.807) is 36.3 Å². The number of hydrogen-bond donors (Lipinski definition) is 0. The fourth-order valence-corrected chi connectivity index (χ4v) is 1.52. The van der Waals surface area contributed by atoms with E-state index in [0.29, 0.717) is 0 Å². The Balaban J connectivity index is 2.66. The zero-order valence-corrected chi connectivity index (χ0v) is 8.08. The van der Waals surface area contributed by atoms with Crippen molar-refractivity contribution < 1.29 is 12.6 Å². The molecule has 0 saturated heterocycles. The lowest BCUT2D eigenvalue weighted by atomic mass is 10.8. The molecular weight excluding hydrogens is 180 g/mol. The molecule has 0 unspecified atom stereocenters. The maximum atomic E-state index is 10.8. The normalized spacial score (nSPS) is 19.2. The molecule has 0 aliphatic carbocycles. The molecule has 0 amide bonds. The van der Waals surface area contributed by atoms with E-state index in [4.69, 9.17) is 4.18 Å². The van der Waals surface area contributed by atoms with E-state index in [1.807, 2.05) is 0 Å². The SMILES string of the molecule is CN1C=CN(C)C1OS(C)(=O)=O. The first-order valence-electron chi connectivity index (χ1n) is 3.40. The molecule has 6 heteroatoms. The molecule has 1 aliphatic heterocycles. The van der Waals surface area contributed by atoms with Crippen LogP contribution in [0.5, 0.6) is 0 Å². The van der Waals surface area contributed by atoms with Gasteiger partial charge in [0.05, 0.1) is 6.26 Å². The second-order valence-electron chi connectivity index (χ2n) is 2.76. The predicted octanol–water partition coefficient (Wildman–Crippen LogP) is -0.405. The molecule has 0 radical (unpaired) electrons. The quantitative estimate of drug-likeness (QED) is 0.557. The number of hydrogen-bond acceptors (Lipinski definition) is 5. The van der Waals surface area contributed by atoms with Gasteiger partial charge in [-0.15, -0.1) is 0 Å².